The van der Waals surface area contributed by atoms with Crippen molar-refractivity contribution < 1.29 is 9.59 Å². The second kappa shape index (κ2) is 8.54. The molecule has 5 heteroatoms. The Morgan fingerprint density at radius 2 is 1.56 bits per heavy atom. The Labute approximate surface area is 208 Å². The molecule has 0 aliphatic carbocycles. The fraction of sp³-hybridized carbons (Fsp3) is 0.0968. The van der Waals surface area contributed by atoms with Gasteiger partial charge in [-0.1, -0.05) is 54.1 Å². The van der Waals surface area contributed by atoms with Crippen LogP contribution in [-0.4, -0.2) is 20.7 Å². The van der Waals surface area contributed by atoms with E-state index in [0.29, 0.717) is 11.4 Å². The zero-order chi connectivity index (χ0) is 24.8. The summed E-state index contributed by atoms with van der Waals surface area (Å²) in [6.45, 7) is 4.99. The zero-order valence-corrected chi connectivity index (χ0v) is 20.2. The molecule has 6 rings (SSSR count). The molecule has 0 aliphatic heterocycles. The van der Waals surface area contributed by atoms with E-state index in [4.69, 9.17) is 0 Å². The van der Waals surface area contributed by atoms with Gasteiger partial charge in [0.25, 0.3) is 11.7 Å². The number of nitrogens with one attached hydrogen (secondary N) is 1. The molecule has 1 amide bonds. The molecular weight excluding hydrogens is 446 g/mol. The predicted octanol–water partition coefficient (Wildman–Crippen LogP) is 6.86. The Kier molecular flexibility index (Phi) is 5.19. The van der Waals surface area contributed by atoms with Crippen LogP contribution in [0.2, 0.25) is 0 Å². The minimum Gasteiger partial charge on any atom is -0.341 e. The van der Waals surface area contributed by atoms with Gasteiger partial charge in [-0.2, -0.15) is 0 Å². The number of pyridine rings is 1. The predicted molar refractivity (Wildman–Crippen MR) is 146 cm³/mol. The number of carbonyl (C=O) groups excluding carboxylic acids is 2. The van der Waals surface area contributed by atoms with E-state index in [1.807, 2.05) is 92.0 Å². The van der Waals surface area contributed by atoms with E-state index in [-0.39, 0.29) is 0 Å². The molecule has 0 bridgehead atoms. The third kappa shape index (κ3) is 3.48. The van der Waals surface area contributed by atoms with Gasteiger partial charge < -0.3 is 14.3 Å². The number of ketones is 1. The van der Waals surface area contributed by atoms with Crippen molar-refractivity contribution in [1.82, 2.24) is 8.97 Å². The second-order valence-electron chi connectivity index (χ2n) is 9.04. The van der Waals surface area contributed by atoms with Crippen LogP contribution in [0.25, 0.3) is 38.4 Å². The molecule has 0 radical (unpaired) electrons. The Balaban J connectivity index is 1.40. The lowest BCUT2D eigenvalue weighted by Gasteiger charge is -2.09. The van der Waals surface area contributed by atoms with Crippen molar-refractivity contribution in [1.29, 1.82) is 0 Å². The Morgan fingerprint density at radius 3 is 2.36 bits per heavy atom. The first-order valence-corrected chi connectivity index (χ1v) is 12.1. The van der Waals surface area contributed by atoms with Gasteiger partial charge in [-0.3, -0.25) is 9.59 Å². The maximum Gasteiger partial charge on any atom is 0.298 e. The van der Waals surface area contributed by atoms with Gasteiger partial charge >= 0.3 is 0 Å². The Hall–Kier alpha value is -4.64. The van der Waals surface area contributed by atoms with E-state index in [2.05, 4.69) is 28.9 Å². The van der Waals surface area contributed by atoms with Crippen molar-refractivity contribution in [3.63, 3.8) is 0 Å². The van der Waals surface area contributed by atoms with Crippen molar-refractivity contribution in [3.05, 3.63) is 108 Å². The summed E-state index contributed by atoms with van der Waals surface area (Å²) in [4.78, 5) is 26.8. The minimum atomic E-state index is -0.661. The monoisotopic (exact) mass is 471 g/mol. The topological polar surface area (TPSA) is 55.5 Å². The number of anilines is 1. The molecule has 3 heterocycles. The Bertz CT molecular complexity index is 1790. The largest absolute Gasteiger partial charge is 0.341 e. The van der Waals surface area contributed by atoms with Crippen molar-refractivity contribution in [2.45, 2.75) is 20.4 Å². The first-order valence-electron chi connectivity index (χ1n) is 12.1. The third-order valence-corrected chi connectivity index (χ3v) is 6.81. The van der Waals surface area contributed by atoms with Gasteiger partial charge in [-0.25, -0.2) is 0 Å². The first-order chi connectivity index (χ1) is 17.5. The van der Waals surface area contributed by atoms with Crippen molar-refractivity contribution in [2.24, 2.45) is 0 Å². The highest BCUT2D eigenvalue weighted by Gasteiger charge is 2.25. The van der Waals surface area contributed by atoms with Gasteiger partial charge in [0.1, 0.15) is 5.69 Å². The number of para-hydroxylation sites is 1. The number of amides is 1. The fourth-order valence-electron chi connectivity index (χ4n) is 5.08. The number of hydrogen-bond acceptors (Lipinski definition) is 2. The average Bonchev–Trinajstić information content (AvgIpc) is 3.44. The number of Topliss-reactive ketones (excluding diaryl/α,β-unsaturated/α-hetero) is 1. The number of benzene rings is 3. The smallest absolute Gasteiger partial charge is 0.298 e. The molecule has 1 N–H and O–H groups in total. The summed E-state index contributed by atoms with van der Waals surface area (Å²) < 4.78 is 4.04. The standard InChI is InChI=1S/C31H25N3O2/c1-3-33-27-10-5-4-9-24(27)26-18-22(15-16-28(26)33)32-31(36)30(35)29-25(21-13-11-20(2)12-14-21)19-23-8-6-7-17-34(23)29/h4-19H,3H2,1-2H3,(H,32,36). The number of carbonyl (C=O) groups is 2. The highest BCUT2D eigenvalue weighted by atomic mass is 16.2. The van der Waals surface area contributed by atoms with Crippen LogP contribution in [0.3, 0.4) is 0 Å². The molecule has 6 aromatic rings. The summed E-state index contributed by atoms with van der Waals surface area (Å²) in [5.74, 6) is -1.24. The maximum atomic E-state index is 13.6. The van der Waals surface area contributed by atoms with Gasteiger partial charge in [0.2, 0.25) is 0 Å². The molecule has 0 saturated heterocycles. The SMILES string of the molecule is CCn1c2ccccc2c2cc(NC(=O)C(=O)c3c(-c4ccc(C)cc4)cc4ccccn34)ccc21. The number of nitrogens with zero attached hydrogens (tertiary/aromatic N) is 2. The molecule has 3 aromatic heterocycles. The normalized spacial score (nSPS) is 11.4. The molecule has 3 aromatic carbocycles. The molecule has 0 spiro atoms. The molecule has 36 heavy (non-hydrogen) atoms. The number of aryl methyl sites for hydroxylation is 2. The van der Waals surface area contributed by atoms with Crippen LogP contribution in [0.15, 0.2) is 97.2 Å². The summed E-state index contributed by atoms with van der Waals surface area (Å²) in [6.07, 6.45) is 1.82. The van der Waals surface area contributed by atoms with Crippen LogP contribution in [0.4, 0.5) is 5.69 Å². The van der Waals surface area contributed by atoms with Crippen LogP contribution in [-0.2, 0) is 11.3 Å². The highest BCUT2D eigenvalue weighted by molar-refractivity contribution is 6.47. The molecule has 0 fully saturated rings. The molecular formula is C31H25N3O2. The average molecular weight is 472 g/mol. The summed E-state index contributed by atoms with van der Waals surface area (Å²) in [7, 11) is 0. The van der Waals surface area contributed by atoms with Crippen LogP contribution in [0.1, 0.15) is 23.0 Å². The number of hydrogen-bond donors (Lipinski definition) is 1. The van der Waals surface area contributed by atoms with E-state index in [1.165, 1.54) is 0 Å². The van der Waals surface area contributed by atoms with E-state index < -0.39 is 11.7 Å². The zero-order valence-electron chi connectivity index (χ0n) is 20.2. The number of fused-ring (bicyclic) bond motifs is 4. The molecule has 0 aliphatic rings. The number of aromatic nitrogens is 2. The minimum absolute atomic E-state index is 0.357. The maximum absolute atomic E-state index is 13.6. The third-order valence-electron chi connectivity index (χ3n) is 6.81. The van der Waals surface area contributed by atoms with Crippen LogP contribution in [0.5, 0.6) is 0 Å². The lowest BCUT2D eigenvalue weighted by molar-refractivity contribution is -0.112. The van der Waals surface area contributed by atoms with Gasteiger partial charge in [0.15, 0.2) is 0 Å². The van der Waals surface area contributed by atoms with E-state index in [9.17, 15) is 9.59 Å². The van der Waals surface area contributed by atoms with Gasteiger partial charge in [0, 0.05) is 51.3 Å². The lowest BCUT2D eigenvalue weighted by atomic mass is 10.0. The van der Waals surface area contributed by atoms with Crippen molar-refractivity contribution >= 4 is 44.7 Å². The molecule has 0 unspecified atom stereocenters. The lowest BCUT2D eigenvalue weighted by Crippen LogP contribution is -2.24. The van der Waals surface area contributed by atoms with Crippen molar-refractivity contribution in [3.8, 4) is 11.1 Å². The van der Waals surface area contributed by atoms with Gasteiger partial charge in [-0.15, -0.1) is 0 Å². The summed E-state index contributed by atoms with van der Waals surface area (Å²) in [6, 6.07) is 29.7. The Morgan fingerprint density at radius 1 is 0.806 bits per heavy atom. The van der Waals surface area contributed by atoms with Crippen LogP contribution in [0, 0.1) is 6.92 Å². The summed E-state index contributed by atoms with van der Waals surface area (Å²) >= 11 is 0. The number of rotatable bonds is 5. The van der Waals surface area contributed by atoms with E-state index in [1.54, 1.807) is 4.40 Å². The molecule has 0 saturated carbocycles. The molecule has 0 atom stereocenters. The van der Waals surface area contributed by atoms with Crippen LogP contribution < -0.4 is 5.32 Å². The van der Waals surface area contributed by atoms with Gasteiger partial charge in [0.05, 0.1) is 0 Å². The van der Waals surface area contributed by atoms with E-state index >= 15 is 0 Å². The fourth-order valence-corrected chi connectivity index (χ4v) is 5.08. The molecule has 176 valence electrons. The second-order valence-corrected chi connectivity index (χ2v) is 9.04. The van der Waals surface area contributed by atoms with Crippen molar-refractivity contribution in [2.75, 3.05) is 5.32 Å². The molecule has 5 nitrogen and oxygen atoms in total. The quantitative estimate of drug-likeness (QED) is 0.220. The summed E-state index contributed by atoms with van der Waals surface area (Å²) in [5, 5.41) is 5.02. The van der Waals surface area contributed by atoms with E-state index in [0.717, 1.165) is 50.6 Å². The highest BCUT2D eigenvalue weighted by Crippen LogP contribution is 2.32. The summed E-state index contributed by atoms with van der Waals surface area (Å²) in [5.41, 5.74) is 6.83. The van der Waals surface area contributed by atoms with Crippen LogP contribution >= 0.6 is 0 Å². The van der Waals surface area contributed by atoms with Gasteiger partial charge in [-0.05, 0) is 61.9 Å². The first kappa shape index (κ1) is 21.9.